The summed E-state index contributed by atoms with van der Waals surface area (Å²) in [6.45, 7) is 4.30. The Hall–Kier alpha value is -1.33. The number of rotatable bonds is 0. The van der Waals surface area contributed by atoms with Gasteiger partial charge in [0.25, 0.3) is 0 Å². The lowest BCUT2D eigenvalue weighted by Crippen LogP contribution is -2.63. The Morgan fingerprint density at radius 2 is 2.24 bits per heavy atom. The van der Waals surface area contributed by atoms with Crippen molar-refractivity contribution in [3.05, 3.63) is 17.5 Å². The molecule has 4 aliphatic heterocycles. The van der Waals surface area contributed by atoms with E-state index in [-0.39, 0.29) is 0 Å². The van der Waals surface area contributed by atoms with Crippen molar-refractivity contribution in [2.45, 2.75) is 43.9 Å². The standard InChI is InChI=1S/C16H23N5/c1-20-9-15-12-3-2-10(19-12)8-21(15)16-11-4-5-17-6-13(11)18-7-14(16)20/h7,10,12,15,17,19H,2-6,8-9H2,1H3. The first kappa shape index (κ1) is 12.2. The van der Waals surface area contributed by atoms with Crippen LogP contribution in [0.25, 0.3) is 0 Å². The third-order valence-corrected chi connectivity index (χ3v) is 5.78. The summed E-state index contributed by atoms with van der Waals surface area (Å²) in [5.41, 5.74) is 5.61. The van der Waals surface area contributed by atoms with Crippen LogP contribution in [0.15, 0.2) is 6.20 Å². The number of nitrogens with one attached hydrogen (secondary N) is 2. The third kappa shape index (κ3) is 1.67. The van der Waals surface area contributed by atoms with Gasteiger partial charge in [-0.05, 0) is 25.8 Å². The molecule has 0 aliphatic carbocycles. The highest BCUT2D eigenvalue weighted by Gasteiger charge is 2.44. The van der Waals surface area contributed by atoms with E-state index in [9.17, 15) is 0 Å². The highest BCUT2D eigenvalue weighted by molar-refractivity contribution is 5.78. The van der Waals surface area contributed by atoms with Crippen LogP contribution in [0.4, 0.5) is 11.4 Å². The van der Waals surface area contributed by atoms with Gasteiger partial charge in [0.15, 0.2) is 0 Å². The molecule has 3 unspecified atom stereocenters. The van der Waals surface area contributed by atoms with Crippen molar-refractivity contribution < 1.29 is 0 Å². The molecule has 0 saturated carbocycles. The van der Waals surface area contributed by atoms with E-state index >= 15 is 0 Å². The topological polar surface area (TPSA) is 43.4 Å². The molecule has 2 N–H and O–H groups in total. The zero-order valence-electron chi connectivity index (χ0n) is 12.6. The van der Waals surface area contributed by atoms with Crippen molar-refractivity contribution in [3.63, 3.8) is 0 Å². The summed E-state index contributed by atoms with van der Waals surface area (Å²) in [5.74, 6) is 0. The second-order valence-corrected chi connectivity index (χ2v) is 6.99. The number of likely N-dealkylation sites (N-methyl/N-ethyl adjacent to an activating group) is 1. The maximum atomic E-state index is 4.73. The number of aromatic nitrogens is 1. The van der Waals surface area contributed by atoms with E-state index in [0.29, 0.717) is 18.1 Å². The average molecular weight is 285 g/mol. The van der Waals surface area contributed by atoms with Gasteiger partial charge in [-0.3, -0.25) is 4.98 Å². The van der Waals surface area contributed by atoms with Crippen molar-refractivity contribution in [2.75, 3.05) is 36.5 Å². The largest absolute Gasteiger partial charge is 0.370 e. The van der Waals surface area contributed by atoms with Gasteiger partial charge in [0.05, 0.1) is 29.3 Å². The van der Waals surface area contributed by atoms with Gasteiger partial charge in [0.2, 0.25) is 0 Å². The van der Waals surface area contributed by atoms with Gasteiger partial charge in [-0.1, -0.05) is 0 Å². The Bertz CT molecular complexity index is 586. The molecule has 2 bridgehead atoms. The van der Waals surface area contributed by atoms with E-state index in [0.717, 1.165) is 26.1 Å². The van der Waals surface area contributed by atoms with Crippen LogP contribution in [0.5, 0.6) is 0 Å². The molecule has 2 fully saturated rings. The molecule has 112 valence electrons. The minimum atomic E-state index is 0.627. The van der Waals surface area contributed by atoms with Gasteiger partial charge in [-0.15, -0.1) is 0 Å². The number of fused-ring (bicyclic) bond motifs is 8. The van der Waals surface area contributed by atoms with Crippen molar-refractivity contribution in [1.29, 1.82) is 0 Å². The monoisotopic (exact) mass is 285 g/mol. The SMILES string of the molecule is CN1CC2C3CCC(CN2c2c1cnc1c2CCNC1)N3. The minimum Gasteiger partial charge on any atom is -0.370 e. The molecule has 2 saturated heterocycles. The Kier molecular flexibility index (Phi) is 2.53. The van der Waals surface area contributed by atoms with Crippen LogP contribution >= 0.6 is 0 Å². The fraction of sp³-hybridized carbons (Fsp3) is 0.688. The molecule has 1 aromatic heterocycles. The maximum absolute atomic E-state index is 4.73. The molecule has 0 amide bonds. The van der Waals surface area contributed by atoms with Crippen LogP contribution in [-0.4, -0.2) is 49.8 Å². The Morgan fingerprint density at radius 1 is 1.29 bits per heavy atom. The van der Waals surface area contributed by atoms with Crippen molar-refractivity contribution in [2.24, 2.45) is 0 Å². The summed E-state index contributed by atoms with van der Waals surface area (Å²) >= 11 is 0. The molecule has 0 aromatic carbocycles. The second-order valence-electron chi connectivity index (χ2n) is 6.99. The summed E-state index contributed by atoms with van der Waals surface area (Å²) in [7, 11) is 2.23. The molecule has 5 nitrogen and oxygen atoms in total. The smallest absolute Gasteiger partial charge is 0.0791 e. The van der Waals surface area contributed by atoms with Gasteiger partial charge >= 0.3 is 0 Å². The van der Waals surface area contributed by atoms with Crippen molar-refractivity contribution >= 4 is 11.4 Å². The molecule has 5 rings (SSSR count). The molecule has 0 spiro atoms. The molecule has 1 aromatic rings. The number of nitrogens with zero attached hydrogens (tertiary/aromatic N) is 3. The molecule has 5 heteroatoms. The highest BCUT2D eigenvalue weighted by Crippen LogP contribution is 2.43. The minimum absolute atomic E-state index is 0.627. The van der Waals surface area contributed by atoms with Crippen LogP contribution in [-0.2, 0) is 13.0 Å². The normalized spacial score (nSPS) is 33.5. The summed E-state index contributed by atoms with van der Waals surface area (Å²) in [4.78, 5) is 9.87. The van der Waals surface area contributed by atoms with Crippen molar-refractivity contribution in [3.8, 4) is 0 Å². The number of piperazine rings is 1. The first-order valence-electron chi connectivity index (χ1n) is 8.26. The molecule has 0 radical (unpaired) electrons. The number of hydrogen-bond acceptors (Lipinski definition) is 5. The van der Waals surface area contributed by atoms with Crippen LogP contribution in [0.3, 0.4) is 0 Å². The van der Waals surface area contributed by atoms with Crippen LogP contribution in [0, 0.1) is 0 Å². The summed E-state index contributed by atoms with van der Waals surface area (Å²) in [6.07, 6.45) is 5.89. The number of anilines is 2. The zero-order chi connectivity index (χ0) is 14.0. The van der Waals surface area contributed by atoms with Crippen molar-refractivity contribution in [1.82, 2.24) is 15.6 Å². The van der Waals surface area contributed by atoms with E-state index in [2.05, 4.69) is 33.7 Å². The Balaban J connectivity index is 1.67. The summed E-state index contributed by atoms with van der Waals surface area (Å²) in [5, 5.41) is 7.28. The lowest BCUT2D eigenvalue weighted by Gasteiger charge is -2.50. The summed E-state index contributed by atoms with van der Waals surface area (Å²) < 4.78 is 0. The number of hydrogen-bond donors (Lipinski definition) is 2. The van der Waals surface area contributed by atoms with E-state index in [1.165, 1.54) is 42.0 Å². The van der Waals surface area contributed by atoms with Crippen LogP contribution in [0.2, 0.25) is 0 Å². The molecular formula is C16H23N5. The van der Waals surface area contributed by atoms with Crippen LogP contribution in [0.1, 0.15) is 24.1 Å². The average Bonchev–Trinajstić information content (AvgIpc) is 2.91. The van der Waals surface area contributed by atoms with E-state index in [4.69, 9.17) is 4.98 Å². The highest BCUT2D eigenvalue weighted by atomic mass is 15.3. The number of pyridine rings is 1. The summed E-state index contributed by atoms with van der Waals surface area (Å²) in [6, 6.07) is 1.99. The lowest BCUT2D eigenvalue weighted by atomic mass is 9.94. The van der Waals surface area contributed by atoms with Gasteiger partial charge in [-0.25, -0.2) is 0 Å². The predicted octanol–water partition coefficient (Wildman–Crippen LogP) is 0.486. The molecule has 3 atom stereocenters. The van der Waals surface area contributed by atoms with Gasteiger partial charge in [0, 0.05) is 44.3 Å². The molecular weight excluding hydrogens is 262 g/mol. The van der Waals surface area contributed by atoms with E-state index < -0.39 is 0 Å². The molecule has 5 heterocycles. The Labute approximate surface area is 125 Å². The fourth-order valence-electron chi connectivity index (χ4n) is 4.75. The van der Waals surface area contributed by atoms with E-state index in [1.807, 2.05) is 0 Å². The predicted molar refractivity (Wildman–Crippen MR) is 84.0 cm³/mol. The van der Waals surface area contributed by atoms with Gasteiger partial charge in [-0.2, -0.15) is 0 Å². The first-order valence-corrected chi connectivity index (χ1v) is 8.26. The zero-order valence-corrected chi connectivity index (χ0v) is 12.6. The van der Waals surface area contributed by atoms with Gasteiger partial charge in [0.1, 0.15) is 0 Å². The Morgan fingerprint density at radius 3 is 3.19 bits per heavy atom. The fourth-order valence-corrected chi connectivity index (χ4v) is 4.75. The lowest BCUT2D eigenvalue weighted by molar-refractivity contribution is 0.370. The second kappa shape index (κ2) is 4.34. The molecule has 21 heavy (non-hydrogen) atoms. The maximum Gasteiger partial charge on any atom is 0.0791 e. The van der Waals surface area contributed by atoms with Gasteiger partial charge < -0.3 is 20.4 Å². The first-order chi connectivity index (χ1) is 10.3. The third-order valence-electron chi connectivity index (χ3n) is 5.78. The van der Waals surface area contributed by atoms with Crippen LogP contribution < -0.4 is 20.4 Å². The quantitative estimate of drug-likeness (QED) is 0.726. The van der Waals surface area contributed by atoms with E-state index in [1.54, 1.807) is 0 Å². The molecule has 4 aliphatic rings.